The fourth-order valence-corrected chi connectivity index (χ4v) is 3.46. The van der Waals surface area contributed by atoms with Crippen molar-refractivity contribution < 1.29 is 14.5 Å². The van der Waals surface area contributed by atoms with Crippen molar-refractivity contribution in [3.05, 3.63) is 94.5 Å². The van der Waals surface area contributed by atoms with E-state index in [9.17, 15) is 14.9 Å². The smallest absolute Gasteiger partial charge is 0.269 e. The number of benzene rings is 3. The Labute approximate surface area is 173 Å². The summed E-state index contributed by atoms with van der Waals surface area (Å²) in [6, 6.07) is 23.1. The number of non-ortho nitro benzene ring substituents is 1. The van der Waals surface area contributed by atoms with Gasteiger partial charge in [-0.3, -0.25) is 14.9 Å². The molecule has 0 aliphatic rings. The second-order valence-electron chi connectivity index (χ2n) is 6.26. The van der Waals surface area contributed by atoms with Crippen LogP contribution in [-0.2, 0) is 4.79 Å². The molecule has 1 atom stereocenters. The highest BCUT2D eigenvalue weighted by molar-refractivity contribution is 8.00. The Kier molecular flexibility index (Phi) is 6.86. The number of ether oxygens (including phenoxy) is 1. The maximum absolute atomic E-state index is 12.4. The summed E-state index contributed by atoms with van der Waals surface area (Å²) in [5.41, 5.74) is 1.45. The zero-order valence-corrected chi connectivity index (χ0v) is 16.6. The van der Waals surface area contributed by atoms with Crippen molar-refractivity contribution in [3.63, 3.8) is 0 Å². The Bertz CT molecular complexity index is 995. The van der Waals surface area contributed by atoms with Crippen molar-refractivity contribution in [2.24, 2.45) is 0 Å². The monoisotopic (exact) mass is 408 g/mol. The Balaban J connectivity index is 1.60. The number of thioether (sulfide) groups is 1. The predicted molar refractivity (Wildman–Crippen MR) is 116 cm³/mol. The number of hydrogen-bond acceptors (Lipinski definition) is 5. The largest absolute Gasteiger partial charge is 0.455 e. The number of nitro benzene ring substituents is 1. The van der Waals surface area contributed by atoms with E-state index < -0.39 is 4.92 Å². The molecule has 0 heterocycles. The van der Waals surface area contributed by atoms with Crippen LogP contribution in [0.15, 0.2) is 78.9 Å². The van der Waals surface area contributed by atoms with Crippen LogP contribution in [0.5, 0.6) is 11.5 Å². The second-order valence-corrected chi connectivity index (χ2v) is 7.59. The van der Waals surface area contributed by atoms with Gasteiger partial charge in [0.25, 0.3) is 5.69 Å². The number of hydrogen-bond donors (Lipinski definition) is 1. The van der Waals surface area contributed by atoms with E-state index in [0.717, 1.165) is 5.56 Å². The fraction of sp³-hybridized carbons (Fsp3) is 0.136. The molecule has 0 aliphatic carbocycles. The Hall–Kier alpha value is -3.32. The summed E-state index contributed by atoms with van der Waals surface area (Å²) < 4.78 is 5.86. The molecule has 0 spiro atoms. The molecule has 0 saturated carbocycles. The average molecular weight is 408 g/mol. The Morgan fingerprint density at radius 3 is 2.55 bits per heavy atom. The molecule has 0 fully saturated rings. The van der Waals surface area contributed by atoms with Crippen LogP contribution in [0.1, 0.15) is 17.7 Å². The van der Waals surface area contributed by atoms with E-state index in [2.05, 4.69) is 5.32 Å². The summed E-state index contributed by atoms with van der Waals surface area (Å²) in [6.07, 6.45) is 0. The number of carbonyl (C=O) groups excluding carboxylic acids is 1. The normalized spacial score (nSPS) is 11.5. The minimum Gasteiger partial charge on any atom is -0.455 e. The number of anilines is 1. The highest BCUT2D eigenvalue weighted by Gasteiger charge is 2.14. The SMILES string of the molecule is C[C@H](SCC(=O)Nc1ccccc1Oc1ccccc1)c1cccc([N+](=O)[O-])c1. The van der Waals surface area contributed by atoms with Crippen LogP contribution in [0.2, 0.25) is 0 Å². The molecular formula is C22H20N2O4S. The summed E-state index contributed by atoms with van der Waals surface area (Å²) in [6.45, 7) is 1.92. The van der Waals surface area contributed by atoms with Gasteiger partial charge in [-0.1, -0.05) is 42.5 Å². The van der Waals surface area contributed by atoms with E-state index in [1.807, 2.05) is 55.5 Å². The van der Waals surface area contributed by atoms with E-state index >= 15 is 0 Å². The lowest BCUT2D eigenvalue weighted by atomic mass is 10.1. The summed E-state index contributed by atoms with van der Waals surface area (Å²) in [4.78, 5) is 22.9. The summed E-state index contributed by atoms with van der Waals surface area (Å²) in [7, 11) is 0. The summed E-state index contributed by atoms with van der Waals surface area (Å²) in [5, 5.41) is 13.7. The minimum atomic E-state index is -0.419. The van der Waals surface area contributed by atoms with Crippen LogP contribution in [0.3, 0.4) is 0 Å². The van der Waals surface area contributed by atoms with Gasteiger partial charge in [-0.05, 0) is 36.8 Å². The minimum absolute atomic E-state index is 0.0476. The third kappa shape index (κ3) is 5.83. The van der Waals surface area contributed by atoms with Gasteiger partial charge in [0.2, 0.25) is 5.91 Å². The van der Waals surface area contributed by atoms with E-state index in [4.69, 9.17) is 4.74 Å². The molecule has 0 bridgehead atoms. The lowest BCUT2D eigenvalue weighted by Crippen LogP contribution is -2.15. The van der Waals surface area contributed by atoms with Crippen molar-refractivity contribution >= 4 is 29.0 Å². The number of nitrogens with one attached hydrogen (secondary N) is 1. The van der Waals surface area contributed by atoms with Crippen LogP contribution >= 0.6 is 11.8 Å². The lowest BCUT2D eigenvalue weighted by molar-refractivity contribution is -0.384. The first-order chi connectivity index (χ1) is 14.0. The van der Waals surface area contributed by atoms with Gasteiger partial charge in [-0.2, -0.15) is 0 Å². The number of nitrogens with zero attached hydrogens (tertiary/aromatic N) is 1. The maximum atomic E-state index is 12.4. The molecule has 0 radical (unpaired) electrons. The topological polar surface area (TPSA) is 81.5 Å². The molecule has 3 aromatic rings. The molecule has 29 heavy (non-hydrogen) atoms. The first kappa shape index (κ1) is 20.4. The van der Waals surface area contributed by atoms with Crippen LogP contribution in [0.25, 0.3) is 0 Å². The molecule has 0 aromatic heterocycles. The molecule has 1 N–H and O–H groups in total. The molecule has 7 heteroatoms. The molecule has 0 unspecified atom stereocenters. The van der Waals surface area contributed by atoms with Crippen molar-refractivity contribution in [3.8, 4) is 11.5 Å². The third-order valence-electron chi connectivity index (χ3n) is 4.15. The molecule has 6 nitrogen and oxygen atoms in total. The number of amides is 1. The van der Waals surface area contributed by atoms with Crippen molar-refractivity contribution in [2.45, 2.75) is 12.2 Å². The zero-order valence-electron chi connectivity index (χ0n) is 15.8. The molecule has 0 saturated heterocycles. The average Bonchev–Trinajstić information content (AvgIpc) is 2.74. The first-order valence-electron chi connectivity index (χ1n) is 9.00. The fourth-order valence-electron chi connectivity index (χ4n) is 2.65. The van der Waals surface area contributed by atoms with Gasteiger partial charge >= 0.3 is 0 Å². The summed E-state index contributed by atoms with van der Waals surface area (Å²) in [5.74, 6) is 1.28. The van der Waals surface area contributed by atoms with Crippen molar-refractivity contribution in [1.82, 2.24) is 0 Å². The van der Waals surface area contributed by atoms with E-state index in [1.54, 1.807) is 24.3 Å². The standard InChI is InChI=1S/C22H20N2O4S/c1-16(17-8-7-9-18(14-17)24(26)27)29-15-22(25)23-20-12-5-6-13-21(20)28-19-10-3-2-4-11-19/h2-14,16H,15H2,1H3,(H,23,25)/t16-/m0/s1. The van der Waals surface area contributed by atoms with Gasteiger partial charge < -0.3 is 10.1 Å². The van der Waals surface area contributed by atoms with Gasteiger partial charge in [0.15, 0.2) is 5.75 Å². The van der Waals surface area contributed by atoms with E-state index in [-0.39, 0.29) is 22.6 Å². The number of rotatable bonds is 8. The van der Waals surface area contributed by atoms with Crippen LogP contribution in [0.4, 0.5) is 11.4 Å². The van der Waals surface area contributed by atoms with Gasteiger partial charge in [0, 0.05) is 17.4 Å². The van der Waals surface area contributed by atoms with Crippen LogP contribution in [-0.4, -0.2) is 16.6 Å². The first-order valence-corrected chi connectivity index (χ1v) is 10.1. The zero-order chi connectivity index (χ0) is 20.6. The lowest BCUT2D eigenvalue weighted by Gasteiger charge is -2.14. The van der Waals surface area contributed by atoms with Crippen molar-refractivity contribution in [1.29, 1.82) is 0 Å². The quantitative estimate of drug-likeness (QED) is 0.375. The second kappa shape index (κ2) is 9.75. The van der Waals surface area contributed by atoms with Gasteiger partial charge in [-0.15, -0.1) is 11.8 Å². The van der Waals surface area contributed by atoms with Gasteiger partial charge in [-0.25, -0.2) is 0 Å². The summed E-state index contributed by atoms with van der Waals surface area (Å²) >= 11 is 1.41. The molecule has 3 rings (SSSR count). The molecule has 148 valence electrons. The van der Waals surface area contributed by atoms with Crippen LogP contribution in [0, 0.1) is 10.1 Å². The molecule has 1 amide bonds. The Morgan fingerprint density at radius 2 is 1.79 bits per heavy atom. The van der Waals surface area contributed by atoms with E-state index in [0.29, 0.717) is 17.2 Å². The van der Waals surface area contributed by atoms with Gasteiger partial charge in [0.05, 0.1) is 16.4 Å². The highest BCUT2D eigenvalue weighted by Crippen LogP contribution is 2.32. The number of carbonyl (C=O) groups is 1. The number of para-hydroxylation sites is 3. The van der Waals surface area contributed by atoms with Gasteiger partial charge in [0.1, 0.15) is 5.75 Å². The van der Waals surface area contributed by atoms with Crippen molar-refractivity contribution in [2.75, 3.05) is 11.1 Å². The molecule has 3 aromatic carbocycles. The predicted octanol–water partition coefficient (Wildman–Crippen LogP) is 5.82. The Morgan fingerprint density at radius 1 is 1.07 bits per heavy atom. The van der Waals surface area contributed by atoms with Crippen LogP contribution < -0.4 is 10.1 Å². The van der Waals surface area contributed by atoms with E-state index in [1.165, 1.54) is 17.8 Å². The third-order valence-corrected chi connectivity index (χ3v) is 5.35. The highest BCUT2D eigenvalue weighted by atomic mass is 32.2. The maximum Gasteiger partial charge on any atom is 0.269 e. The number of nitro groups is 1. The molecular weight excluding hydrogens is 388 g/mol. The molecule has 0 aliphatic heterocycles.